The van der Waals surface area contributed by atoms with Gasteiger partial charge in [-0.05, 0) is 12.0 Å². The van der Waals surface area contributed by atoms with Crippen molar-refractivity contribution in [2.24, 2.45) is 5.92 Å². The second-order valence-electron chi connectivity index (χ2n) is 5.13. The zero-order valence-electron chi connectivity index (χ0n) is 12.3. The summed E-state index contributed by atoms with van der Waals surface area (Å²) in [6, 6.07) is 9.71. The van der Waals surface area contributed by atoms with Gasteiger partial charge in [-0.1, -0.05) is 44.2 Å². The molecule has 0 spiro atoms. The molecule has 0 aliphatic carbocycles. The van der Waals surface area contributed by atoms with Gasteiger partial charge in [0.15, 0.2) is 0 Å². The van der Waals surface area contributed by atoms with Gasteiger partial charge in [0.2, 0.25) is 0 Å². The lowest BCUT2D eigenvalue weighted by Gasteiger charge is -2.08. The molecular formula is C15H25AlO2. The van der Waals surface area contributed by atoms with E-state index in [1.165, 1.54) is 0 Å². The van der Waals surface area contributed by atoms with Gasteiger partial charge >= 0.3 is 5.97 Å². The molecule has 0 radical (unpaired) electrons. The number of carbonyl (C=O) groups is 1. The van der Waals surface area contributed by atoms with Crippen LogP contribution in [0.4, 0.5) is 0 Å². The highest BCUT2D eigenvalue weighted by atomic mass is 27.2. The van der Waals surface area contributed by atoms with E-state index < -0.39 is 0 Å². The molecular weight excluding hydrogens is 239 g/mol. The third-order valence-corrected chi connectivity index (χ3v) is 2.24. The van der Waals surface area contributed by atoms with Crippen molar-refractivity contribution in [1.29, 1.82) is 0 Å². The first-order valence-corrected chi connectivity index (χ1v) is 10.1. The second-order valence-corrected chi connectivity index (χ2v) is 8.60. The van der Waals surface area contributed by atoms with E-state index >= 15 is 0 Å². The third kappa shape index (κ3) is 9.27. The predicted octanol–water partition coefficient (Wildman–Crippen LogP) is 4.15. The van der Waals surface area contributed by atoms with Gasteiger partial charge < -0.3 is 4.74 Å². The van der Waals surface area contributed by atoms with Crippen molar-refractivity contribution in [2.45, 2.75) is 44.2 Å². The topological polar surface area (TPSA) is 26.3 Å². The molecule has 0 aliphatic heterocycles. The molecule has 0 fully saturated rings. The van der Waals surface area contributed by atoms with Crippen molar-refractivity contribution >= 4 is 20.1 Å². The molecule has 0 amide bonds. The van der Waals surface area contributed by atoms with Gasteiger partial charge in [0.1, 0.15) is 6.61 Å². The molecule has 100 valence electrons. The van der Waals surface area contributed by atoms with Gasteiger partial charge in [0.05, 0.1) is 5.92 Å². The number of ether oxygens (including phenoxy) is 1. The number of carbonyl (C=O) groups excluding carboxylic acids is 1. The van der Waals surface area contributed by atoms with Crippen molar-refractivity contribution in [3.8, 4) is 0 Å². The molecule has 0 heterocycles. The number of benzene rings is 1. The van der Waals surface area contributed by atoms with Crippen LogP contribution in [-0.2, 0) is 16.1 Å². The van der Waals surface area contributed by atoms with E-state index in [-0.39, 0.29) is 26.0 Å². The van der Waals surface area contributed by atoms with E-state index in [4.69, 9.17) is 4.74 Å². The molecule has 2 nitrogen and oxygen atoms in total. The van der Waals surface area contributed by atoms with Crippen molar-refractivity contribution < 1.29 is 9.53 Å². The predicted molar refractivity (Wildman–Crippen MR) is 79.0 cm³/mol. The molecule has 1 aromatic carbocycles. The van der Waals surface area contributed by atoms with Gasteiger partial charge in [0.25, 0.3) is 14.1 Å². The van der Waals surface area contributed by atoms with Crippen LogP contribution in [-0.4, -0.2) is 20.1 Å². The van der Waals surface area contributed by atoms with Crippen molar-refractivity contribution in [1.82, 2.24) is 0 Å². The Labute approximate surface area is 116 Å². The quantitative estimate of drug-likeness (QED) is 0.603. The molecule has 0 saturated carbocycles. The van der Waals surface area contributed by atoms with Crippen LogP contribution in [0.25, 0.3) is 0 Å². The van der Waals surface area contributed by atoms with E-state index in [2.05, 4.69) is 17.4 Å². The Morgan fingerprint density at radius 3 is 2.17 bits per heavy atom. The fraction of sp³-hybridized carbons (Fsp3) is 0.533. The van der Waals surface area contributed by atoms with Crippen LogP contribution in [0.15, 0.2) is 30.3 Å². The van der Waals surface area contributed by atoms with Crippen molar-refractivity contribution in [2.75, 3.05) is 0 Å². The molecule has 0 bridgehead atoms. The minimum Gasteiger partial charge on any atom is -0.461 e. The monoisotopic (exact) mass is 264 g/mol. The Balaban J connectivity index is 0.000000631. The number of hydrogen-bond acceptors (Lipinski definition) is 2. The minimum atomic E-state index is -0.139. The highest BCUT2D eigenvalue weighted by Crippen LogP contribution is 2.06. The van der Waals surface area contributed by atoms with Gasteiger partial charge in [-0.25, -0.2) is 0 Å². The van der Waals surface area contributed by atoms with E-state index in [1.807, 2.05) is 44.2 Å². The molecule has 1 atom stereocenters. The van der Waals surface area contributed by atoms with Crippen LogP contribution in [0.3, 0.4) is 0 Å². The zero-order valence-corrected chi connectivity index (χ0v) is 13.4. The Morgan fingerprint density at radius 2 is 1.72 bits per heavy atom. The van der Waals surface area contributed by atoms with Crippen LogP contribution in [0.2, 0.25) is 17.4 Å². The largest absolute Gasteiger partial charge is 0.461 e. The molecule has 0 aromatic heterocycles. The fourth-order valence-electron chi connectivity index (χ4n) is 1.04. The van der Waals surface area contributed by atoms with Crippen LogP contribution in [0.5, 0.6) is 0 Å². The van der Waals surface area contributed by atoms with Gasteiger partial charge in [-0.3, -0.25) is 4.79 Å². The van der Waals surface area contributed by atoms with Crippen LogP contribution in [0.1, 0.15) is 25.8 Å². The number of hydrogen-bond donors (Lipinski definition) is 0. The summed E-state index contributed by atoms with van der Waals surface area (Å²) in [6.07, 6.45) is 0.827. The molecule has 0 N–H and O–H groups in total. The maximum absolute atomic E-state index is 11.3. The molecule has 3 heteroatoms. The van der Waals surface area contributed by atoms with E-state index in [0.717, 1.165) is 12.0 Å². The smallest absolute Gasteiger partial charge is 0.308 e. The highest BCUT2D eigenvalue weighted by Gasteiger charge is 2.11. The Bertz CT molecular complexity index is 320. The summed E-state index contributed by atoms with van der Waals surface area (Å²) in [6.45, 7) is 4.24. The highest BCUT2D eigenvalue weighted by molar-refractivity contribution is 6.54. The van der Waals surface area contributed by atoms with E-state index in [1.54, 1.807) is 0 Å². The summed E-state index contributed by atoms with van der Waals surface area (Å²) in [4.78, 5) is 11.3. The van der Waals surface area contributed by atoms with Gasteiger partial charge in [-0.15, -0.1) is 17.4 Å². The fourth-order valence-corrected chi connectivity index (χ4v) is 1.04. The first-order valence-electron chi connectivity index (χ1n) is 6.67. The minimum absolute atomic E-state index is 0.00119. The molecule has 1 aromatic rings. The lowest BCUT2D eigenvalue weighted by molar-refractivity contribution is -0.149. The third-order valence-electron chi connectivity index (χ3n) is 2.24. The SMILES string of the molecule is CCC(C)C(=O)OCc1ccccc1.[CH3][Al]([CH3])[CH3]. The summed E-state index contributed by atoms with van der Waals surface area (Å²) in [5, 5.41) is 0. The van der Waals surface area contributed by atoms with E-state index in [0.29, 0.717) is 6.61 Å². The summed E-state index contributed by atoms with van der Waals surface area (Å²) in [5.74, 6) is 6.80. The maximum Gasteiger partial charge on any atom is 0.308 e. The molecule has 1 rings (SSSR count). The summed E-state index contributed by atoms with van der Waals surface area (Å²) in [5.41, 5.74) is 1.03. The lowest BCUT2D eigenvalue weighted by atomic mass is 10.1. The zero-order chi connectivity index (χ0) is 14.0. The summed E-state index contributed by atoms with van der Waals surface area (Å²) in [7, 11) is 0. The second kappa shape index (κ2) is 10.2. The Morgan fingerprint density at radius 1 is 1.22 bits per heavy atom. The van der Waals surface area contributed by atoms with Crippen molar-refractivity contribution in [3.63, 3.8) is 0 Å². The molecule has 0 aliphatic rings. The van der Waals surface area contributed by atoms with Crippen LogP contribution in [0, 0.1) is 5.92 Å². The first kappa shape index (κ1) is 17.2. The average Bonchev–Trinajstić information content (AvgIpc) is 2.35. The van der Waals surface area contributed by atoms with Crippen LogP contribution >= 0.6 is 0 Å². The number of rotatable bonds is 4. The molecule has 18 heavy (non-hydrogen) atoms. The summed E-state index contributed by atoms with van der Waals surface area (Å²) >= 11 is -0.139. The Hall–Kier alpha value is -0.778. The van der Waals surface area contributed by atoms with Gasteiger partial charge in [-0.2, -0.15) is 0 Å². The average molecular weight is 264 g/mol. The van der Waals surface area contributed by atoms with Gasteiger partial charge in [0, 0.05) is 0 Å². The maximum atomic E-state index is 11.3. The standard InChI is InChI=1S/C12H16O2.3CH3.Al/c1-3-10(2)12(13)14-9-11-7-5-4-6-8-11;;;;/h4-8,10H,3,9H2,1-2H3;3*1H3;. The van der Waals surface area contributed by atoms with E-state index in [9.17, 15) is 4.79 Å². The Kier molecular flexibility index (Phi) is 9.73. The first-order chi connectivity index (χ1) is 8.47. The van der Waals surface area contributed by atoms with Crippen LogP contribution < -0.4 is 0 Å². The number of esters is 1. The molecule has 1 unspecified atom stereocenters. The molecule has 0 saturated heterocycles. The van der Waals surface area contributed by atoms with Crippen molar-refractivity contribution in [3.05, 3.63) is 35.9 Å². The summed E-state index contributed by atoms with van der Waals surface area (Å²) < 4.78 is 5.14. The normalized spacial score (nSPS) is 10.9. The lowest BCUT2D eigenvalue weighted by Crippen LogP contribution is -2.13.